The largest absolute Gasteiger partial charge is 0.311 e. The van der Waals surface area contributed by atoms with E-state index in [2.05, 4.69) is 128 Å². The van der Waals surface area contributed by atoms with Gasteiger partial charge in [-0.05, 0) is 76.4 Å². The van der Waals surface area contributed by atoms with Gasteiger partial charge in [0.25, 0.3) is 0 Å². The molecule has 0 saturated heterocycles. The molecule has 0 aliphatic carbocycles. The van der Waals surface area contributed by atoms with Crippen molar-refractivity contribution >= 4 is 40.2 Å². The summed E-state index contributed by atoms with van der Waals surface area (Å²) in [6.07, 6.45) is 0. The lowest BCUT2D eigenvalue weighted by atomic mass is 9.37. The number of fused-ring (bicyclic) bond motifs is 5. The van der Waals surface area contributed by atoms with Gasteiger partial charge in [-0.2, -0.15) is 0 Å². The van der Waals surface area contributed by atoms with Crippen molar-refractivity contribution in [3.05, 3.63) is 120 Å². The fourth-order valence-electron chi connectivity index (χ4n) is 6.02. The highest BCUT2D eigenvalue weighted by Crippen LogP contribution is 2.44. The van der Waals surface area contributed by atoms with Crippen LogP contribution < -0.4 is 21.3 Å². The fraction of sp³-hybridized carbons (Fsp3) is 0.0625. The molecule has 0 bridgehead atoms. The Balaban J connectivity index is 1.63. The van der Waals surface area contributed by atoms with Gasteiger partial charge in [0.15, 0.2) is 0 Å². The number of hydrogen-bond donors (Lipinski definition) is 0. The first-order valence-corrected chi connectivity index (χ1v) is 12.0. The summed E-state index contributed by atoms with van der Waals surface area (Å²) < 4.78 is 0. The average molecular weight is 433 g/mol. The molecular formula is C32H24BN. The second-order valence-electron chi connectivity index (χ2n) is 9.48. The van der Waals surface area contributed by atoms with Crippen LogP contribution in [0.1, 0.15) is 11.1 Å². The summed E-state index contributed by atoms with van der Waals surface area (Å²) in [6, 6.07) is 40.1. The maximum atomic E-state index is 2.52. The highest BCUT2D eigenvalue weighted by atomic mass is 15.2. The lowest BCUT2D eigenvalue weighted by Crippen LogP contribution is -2.55. The zero-order valence-corrected chi connectivity index (χ0v) is 19.4. The van der Waals surface area contributed by atoms with Crippen LogP contribution >= 0.6 is 0 Å². The molecule has 0 N–H and O–H groups in total. The Morgan fingerprint density at radius 2 is 1.24 bits per heavy atom. The van der Waals surface area contributed by atoms with Crippen LogP contribution in [-0.4, -0.2) is 6.71 Å². The predicted molar refractivity (Wildman–Crippen MR) is 146 cm³/mol. The van der Waals surface area contributed by atoms with Crippen LogP contribution in [0.3, 0.4) is 0 Å². The second kappa shape index (κ2) is 7.23. The molecule has 2 aliphatic rings. The molecule has 2 heteroatoms. The molecule has 0 unspecified atom stereocenters. The van der Waals surface area contributed by atoms with Crippen molar-refractivity contribution in [3.63, 3.8) is 0 Å². The summed E-state index contributed by atoms with van der Waals surface area (Å²) in [4.78, 5) is 2.52. The molecule has 0 fully saturated rings. The summed E-state index contributed by atoms with van der Waals surface area (Å²) in [7, 11) is 0. The van der Waals surface area contributed by atoms with Crippen molar-refractivity contribution in [1.29, 1.82) is 0 Å². The zero-order chi connectivity index (χ0) is 22.8. The maximum absolute atomic E-state index is 2.52. The van der Waals surface area contributed by atoms with E-state index in [0.29, 0.717) is 0 Å². The Kier molecular flexibility index (Phi) is 4.13. The summed E-state index contributed by atoms with van der Waals surface area (Å²) in [5.74, 6) is 0. The van der Waals surface area contributed by atoms with Gasteiger partial charge in [0.2, 0.25) is 6.71 Å². The third kappa shape index (κ3) is 2.63. The fourth-order valence-corrected chi connectivity index (χ4v) is 6.02. The number of anilines is 3. The van der Waals surface area contributed by atoms with Gasteiger partial charge in [-0.15, -0.1) is 0 Å². The highest BCUT2D eigenvalue weighted by molar-refractivity contribution is 7.01. The van der Waals surface area contributed by atoms with E-state index in [1.807, 2.05) is 0 Å². The van der Waals surface area contributed by atoms with Crippen molar-refractivity contribution < 1.29 is 0 Å². The van der Waals surface area contributed by atoms with E-state index in [9.17, 15) is 0 Å². The molecule has 7 rings (SSSR count). The van der Waals surface area contributed by atoms with Crippen molar-refractivity contribution in [2.45, 2.75) is 13.8 Å². The summed E-state index contributed by atoms with van der Waals surface area (Å²) >= 11 is 0. The third-order valence-corrected chi connectivity index (χ3v) is 7.52. The number of nitrogens with zero attached hydrogens (tertiary/aromatic N) is 1. The van der Waals surface area contributed by atoms with Gasteiger partial charge in [-0.1, -0.05) is 96.5 Å². The Hall–Kier alpha value is -4.04. The SMILES string of the molecule is Cc1ccccc1N1c2cc(-c3ccccc3)cc3c2B(c2ccccc2-3)c2cccc(C)c21. The Morgan fingerprint density at radius 3 is 2.09 bits per heavy atom. The van der Waals surface area contributed by atoms with E-state index in [1.54, 1.807) is 0 Å². The smallest absolute Gasteiger partial charge is 0.248 e. The van der Waals surface area contributed by atoms with Gasteiger partial charge in [-0.25, -0.2) is 0 Å². The van der Waals surface area contributed by atoms with Crippen LogP contribution in [-0.2, 0) is 0 Å². The van der Waals surface area contributed by atoms with E-state index < -0.39 is 0 Å². The van der Waals surface area contributed by atoms with Gasteiger partial charge >= 0.3 is 0 Å². The monoisotopic (exact) mass is 433 g/mol. The van der Waals surface area contributed by atoms with Gasteiger partial charge < -0.3 is 4.90 Å². The minimum Gasteiger partial charge on any atom is -0.311 e. The van der Waals surface area contributed by atoms with E-state index in [-0.39, 0.29) is 6.71 Å². The Morgan fingerprint density at radius 1 is 0.529 bits per heavy atom. The molecule has 0 aromatic heterocycles. The van der Waals surface area contributed by atoms with Crippen molar-refractivity contribution in [2.75, 3.05) is 4.90 Å². The average Bonchev–Trinajstić information content (AvgIpc) is 3.21. The van der Waals surface area contributed by atoms with Gasteiger partial charge in [0.05, 0.1) is 0 Å². The highest BCUT2D eigenvalue weighted by Gasteiger charge is 2.43. The lowest BCUT2D eigenvalue weighted by Gasteiger charge is -2.38. The number of rotatable bonds is 2. The van der Waals surface area contributed by atoms with Gasteiger partial charge in [-0.3, -0.25) is 0 Å². The Bertz CT molecular complexity index is 1580. The minimum absolute atomic E-state index is 0.265. The maximum Gasteiger partial charge on any atom is 0.248 e. The second-order valence-corrected chi connectivity index (χ2v) is 9.48. The van der Waals surface area contributed by atoms with Crippen molar-refractivity contribution in [1.82, 2.24) is 0 Å². The van der Waals surface area contributed by atoms with Crippen molar-refractivity contribution in [2.24, 2.45) is 0 Å². The zero-order valence-electron chi connectivity index (χ0n) is 19.4. The van der Waals surface area contributed by atoms with Crippen LogP contribution in [0.4, 0.5) is 17.1 Å². The minimum atomic E-state index is 0.265. The standard InChI is InChI=1S/C32H24BN/c1-21-11-6-9-18-29(21)34-30-20-24(23-13-4-3-5-14-23)19-26-25-15-7-8-16-27(25)33(31(26)30)28-17-10-12-22(2)32(28)34/h3-20H,1-2H3. The summed E-state index contributed by atoms with van der Waals surface area (Å²) in [5.41, 5.74) is 16.0. The molecule has 0 amide bonds. The topological polar surface area (TPSA) is 3.24 Å². The van der Waals surface area contributed by atoms with E-state index in [1.165, 1.54) is 66.8 Å². The molecule has 2 heterocycles. The van der Waals surface area contributed by atoms with E-state index >= 15 is 0 Å². The first kappa shape index (κ1) is 19.4. The molecule has 0 atom stereocenters. The molecule has 160 valence electrons. The molecule has 5 aromatic carbocycles. The van der Waals surface area contributed by atoms with Crippen LogP contribution in [0.2, 0.25) is 0 Å². The first-order valence-electron chi connectivity index (χ1n) is 12.0. The molecule has 1 nitrogen and oxygen atoms in total. The van der Waals surface area contributed by atoms with Gasteiger partial charge in [0.1, 0.15) is 0 Å². The van der Waals surface area contributed by atoms with Crippen LogP contribution in [0.25, 0.3) is 22.3 Å². The molecule has 0 saturated carbocycles. The molecule has 5 aromatic rings. The molecule has 0 spiro atoms. The van der Waals surface area contributed by atoms with Crippen LogP contribution in [0.15, 0.2) is 109 Å². The number of benzene rings is 5. The normalized spacial score (nSPS) is 12.9. The first-order chi connectivity index (χ1) is 16.7. The lowest BCUT2D eigenvalue weighted by molar-refractivity contribution is 1.24. The third-order valence-electron chi connectivity index (χ3n) is 7.52. The number of para-hydroxylation sites is 2. The number of hydrogen-bond acceptors (Lipinski definition) is 1. The van der Waals surface area contributed by atoms with E-state index in [0.717, 1.165) is 0 Å². The molecule has 2 aliphatic heterocycles. The molecule has 0 radical (unpaired) electrons. The van der Waals surface area contributed by atoms with E-state index in [4.69, 9.17) is 0 Å². The van der Waals surface area contributed by atoms with Crippen LogP contribution in [0, 0.1) is 13.8 Å². The summed E-state index contributed by atoms with van der Waals surface area (Å²) in [5, 5.41) is 0. The quantitative estimate of drug-likeness (QED) is 0.291. The molecular weight excluding hydrogens is 409 g/mol. The molecule has 34 heavy (non-hydrogen) atoms. The number of aryl methyl sites for hydroxylation is 2. The van der Waals surface area contributed by atoms with Gasteiger partial charge in [0, 0.05) is 17.1 Å². The van der Waals surface area contributed by atoms with Crippen molar-refractivity contribution in [3.8, 4) is 22.3 Å². The Labute approximate surface area is 201 Å². The van der Waals surface area contributed by atoms with Crippen LogP contribution in [0.5, 0.6) is 0 Å². The predicted octanol–water partition coefficient (Wildman–Crippen LogP) is 6.25. The summed E-state index contributed by atoms with van der Waals surface area (Å²) in [6.45, 7) is 4.73.